The van der Waals surface area contributed by atoms with Crippen molar-refractivity contribution in [1.29, 1.82) is 0 Å². The maximum Gasteiger partial charge on any atom is 0.330 e. The maximum atomic E-state index is 13.7. The van der Waals surface area contributed by atoms with Gasteiger partial charge in [0.15, 0.2) is 0 Å². The van der Waals surface area contributed by atoms with Crippen LogP contribution in [-0.4, -0.2) is 22.8 Å². The highest BCUT2D eigenvalue weighted by molar-refractivity contribution is 8.00. The van der Waals surface area contributed by atoms with Crippen LogP contribution < -0.4 is 0 Å². The van der Waals surface area contributed by atoms with E-state index in [1.807, 2.05) is 31.2 Å². The lowest BCUT2D eigenvalue weighted by atomic mass is 10.1. The zero-order valence-electron chi connectivity index (χ0n) is 13.0. The molecule has 2 rings (SSSR count). The summed E-state index contributed by atoms with van der Waals surface area (Å²) in [6, 6.07) is 11.0. The van der Waals surface area contributed by atoms with Gasteiger partial charge in [-0.25, -0.2) is 9.78 Å². The predicted molar refractivity (Wildman–Crippen MR) is 90.7 cm³/mol. The van der Waals surface area contributed by atoms with Crippen molar-refractivity contribution in [1.82, 2.24) is 4.98 Å². The molecule has 0 N–H and O–H groups in total. The molecule has 0 aliphatic rings. The molecule has 23 heavy (non-hydrogen) atoms. The van der Waals surface area contributed by atoms with Gasteiger partial charge in [-0.15, -0.1) is 11.8 Å². The standard InChI is InChI=1S/C18H18FNO2S/c1-3-22-17(21)11-6-13(2)23-15-9-7-14(8-10-15)16-5-4-12-20-18(16)19/h4-13H,3H2,1-2H3/b11-6+. The first-order valence-electron chi connectivity index (χ1n) is 7.32. The van der Waals surface area contributed by atoms with Gasteiger partial charge >= 0.3 is 5.97 Å². The third-order valence-electron chi connectivity index (χ3n) is 3.04. The van der Waals surface area contributed by atoms with Crippen LogP contribution in [0.25, 0.3) is 11.1 Å². The lowest BCUT2D eigenvalue weighted by Gasteiger charge is -2.08. The Morgan fingerprint density at radius 2 is 2.09 bits per heavy atom. The van der Waals surface area contributed by atoms with E-state index in [9.17, 15) is 9.18 Å². The largest absolute Gasteiger partial charge is 0.463 e. The molecular weight excluding hydrogens is 313 g/mol. The van der Waals surface area contributed by atoms with E-state index in [1.54, 1.807) is 36.9 Å². The van der Waals surface area contributed by atoms with Gasteiger partial charge in [0.05, 0.1) is 6.61 Å². The van der Waals surface area contributed by atoms with E-state index in [-0.39, 0.29) is 11.2 Å². The lowest BCUT2D eigenvalue weighted by Crippen LogP contribution is -2.00. The monoisotopic (exact) mass is 331 g/mol. The van der Waals surface area contributed by atoms with Gasteiger partial charge in [-0.2, -0.15) is 4.39 Å². The van der Waals surface area contributed by atoms with Crippen molar-refractivity contribution >= 4 is 17.7 Å². The number of esters is 1. The average molecular weight is 331 g/mol. The summed E-state index contributed by atoms with van der Waals surface area (Å²) in [4.78, 5) is 16.0. The Morgan fingerprint density at radius 1 is 1.35 bits per heavy atom. The molecule has 0 aliphatic carbocycles. The molecule has 5 heteroatoms. The van der Waals surface area contributed by atoms with Crippen LogP contribution in [0.2, 0.25) is 0 Å². The van der Waals surface area contributed by atoms with Crippen molar-refractivity contribution in [3.63, 3.8) is 0 Å². The minimum atomic E-state index is -0.473. The van der Waals surface area contributed by atoms with Gasteiger partial charge in [0.1, 0.15) is 0 Å². The maximum absolute atomic E-state index is 13.7. The Labute approximate surface area is 139 Å². The molecule has 0 saturated carbocycles. The van der Waals surface area contributed by atoms with Crippen LogP contribution in [-0.2, 0) is 9.53 Å². The van der Waals surface area contributed by atoms with Gasteiger partial charge in [0.2, 0.25) is 5.95 Å². The number of pyridine rings is 1. The van der Waals surface area contributed by atoms with Crippen LogP contribution in [0.3, 0.4) is 0 Å². The average Bonchev–Trinajstić information content (AvgIpc) is 2.55. The quantitative estimate of drug-likeness (QED) is 0.338. The fraction of sp³-hybridized carbons (Fsp3) is 0.222. The number of hydrogen-bond donors (Lipinski definition) is 0. The van der Waals surface area contributed by atoms with Crippen LogP contribution in [0.5, 0.6) is 0 Å². The molecule has 0 amide bonds. The van der Waals surface area contributed by atoms with Gasteiger partial charge in [-0.05, 0) is 43.7 Å². The highest BCUT2D eigenvalue weighted by Gasteiger charge is 2.06. The van der Waals surface area contributed by atoms with Crippen molar-refractivity contribution < 1.29 is 13.9 Å². The van der Waals surface area contributed by atoms with E-state index < -0.39 is 5.95 Å². The topological polar surface area (TPSA) is 39.2 Å². The number of aromatic nitrogens is 1. The molecular formula is C18H18FNO2S. The third kappa shape index (κ3) is 5.21. The zero-order chi connectivity index (χ0) is 16.7. The number of nitrogens with zero attached hydrogens (tertiary/aromatic N) is 1. The van der Waals surface area contributed by atoms with Crippen molar-refractivity contribution in [3.05, 3.63) is 60.7 Å². The Hall–Kier alpha value is -2.14. The summed E-state index contributed by atoms with van der Waals surface area (Å²) >= 11 is 1.61. The van der Waals surface area contributed by atoms with Crippen molar-refractivity contribution in [2.24, 2.45) is 0 Å². The fourth-order valence-electron chi connectivity index (χ4n) is 1.97. The molecule has 120 valence electrons. The molecule has 0 bridgehead atoms. The zero-order valence-corrected chi connectivity index (χ0v) is 13.8. The summed E-state index contributed by atoms with van der Waals surface area (Å²) in [5.41, 5.74) is 1.27. The Balaban J connectivity index is 2.00. The molecule has 1 heterocycles. The summed E-state index contributed by atoms with van der Waals surface area (Å²) < 4.78 is 18.5. The highest BCUT2D eigenvalue weighted by Crippen LogP contribution is 2.28. The van der Waals surface area contributed by atoms with E-state index in [1.165, 1.54) is 12.3 Å². The first-order valence-corrected chi connectivity index (χ1v) is 8.20. The fourth-order valence-corrected chi connectivity index (χ4v) is 2.85. The van der Waals surface area contributed by atoms with Gasteiger partial charge < -0.3 is 4.74 Å². The summed E-state index contributed by atoms with van der Waals surface area (Å²) in [6.07, 6.45) is 4.68. The minimum Gasteiger partial charge on any atom is -0.463 e. The van der Waals surface area contributed by atoms with E-state index in [0.717, 1.165) is 10.5 Å². The van der Waals surface area contributed by atoms with Crippen molar-refractivity contribution in [2.75, 3.05) is 6.61 Å². The first-order chi connectivity index (χ1) is 11.1. The van der Waals surface area contributed by atoms with E-state index in [2.05, 4.69) is 4.98 Å². The lowest BCUT2D eigenvalue weighted by molar-refractivity contribution is -0.137. The van der Waals surface area contributed by atoms with Gasteiger partial charge in [0.25, 0.3) is 0 Å². The smallest absolute Gasteiger partial charge is 0.330 e. The van der Waals surface area contributed by atoms with E-state index in [4.69, 9.17) is 4.74 Å². The molecule has 1 aromatic heterocycles. The molecule has 0 radical (unpaired) electrons. The van der Waals surface area contributed by atoms with Gasteiger partial charge in [-0.1, -0.05) is 18.2 Å². The second-order valence-corrected chi connectivity index (χ2v) is 6.25. The summed E-state index contributed by atoms with van der Waals surface area (Å²) in [5, 5.41) is 0.125. The number of thioether (sulfide) groups is 1. The molecule has 0 spiro atoms. The highest BCUT2D eigenvalue weighted by atomic mass is 32.2. The summed E-state index contributed by atoms with van der Waals surface area (Å²) in [5.74, 6) is -0.805. The first kappa shape index (κ1) is 17.2. The van der Waals surface area contributed by atoms with E-state index in [0.29, 0.717) is 12.2 Å². The molecule has 1 atom stereocenters. The Bertz CT molecular complexity index is 686. The SMILES string of the molecule is CCOC(=O)/C=C/C(C)Sc1ccc(-c2cccnc2F)cc1. The van der Waals surface area contributed by atoms with Gasteiger partial charge in [-0.3, -0.25) is 0 Å². The normalized spacial score (nSPS) is 12.3. The molecule has 1 unspecified atom stereocenters. The van der Waals surface area contributed by atoms with Crippen molar-refractivity contribution in [3.8, 4) is 11.1 Å². The molecule has 0 aliphatic heterocycles. The summed E-state index contributed by atoms with van der Waals surface area (Å²) in [7, 11) is 0. The van der Waals surface area contributed by atoms with Crippen LogP contribution in [0.15, 0.2) is 59.6 Å². The molecule has 3 nitrogen and oxygen atoms in total. The predicted octanol–water partition coefficient (Wildman–Crippen LogP) is 4.49. The molecule has 1 aromatic carbocycles. The van der Waals surface area contributed by atoms with Crippen LogP contribution in [0, 0.1) is 5.95 Å². The number of carbonyl (C=O) groups excluding carboxylic acids is 1. The number of benzene rings is 1. The number of halogens is 1. The van der Waals surface area contributed by atoms with Crippen molar-refractivity contribution in [2.45, 2.75) is 24.0 Å². The number of rotatable bonds is 6. The van der Waals surface area contributed by atoms with Crippen LogP contribution in [0.1, 0.15) is 13.8 Å². The number of carbonyl (C=O) groups is 1. The Kier molecular flexibility index (Phi) is 6.35. The number of hydrogen-bond acceptors (Lipinski definition) is 4. The number of ether oxygens (including phenoxy) is 1. The second-order valence-electron chi connectivity index (χ2n) is 4.80. The Morgan fingerprint density at radius 3 is 2.74 bits per heavy atom. The third-order valence-corrected chi connectivity index (χ3v) is 4.11. The minimum absolute atomic E-state index is 0.125. The van der Waals surface area contributed by atoms with Crippen LogP contribution >= 0.6 is 11.8 Å². The molecule has 0 saturated heterocycles. The second kappa shape index (κ2) is 8.48. The molecule has 0 fully saturated rings. The van der Waals surface area contributed by atoms with Gasteiger partial charge in [0, 0.05) is 28.0 Å². The van der Waals surface area contributed by atoms with E-state index >= 15 is 0 Å². The van der Waals surface area contributed by atoms with Crippen LogP contribution in [0.4, 0.5) is 4.39 Å². The summed E-state index contributed by atoms with van der Waals surface area (Å²) in [6.45, 7) is 4.14. The molecule has 2 aromatic rings.